The van der Waals surface area contributed by atoms with Crippen LogP contribution in [0, 0.1) is 0 Å². The van der Waals surface area contributed by atoms with Gasteiger partial charge in [0.25, 0.3) is 0 Å². The molecule has 0 saturated carbocycles. The summed E-state index contributed by atoms with van der Waals surface area (Å²) in [4.78, 5) is 20.4. The highest BCUT2D eigenvalue weighted by Gasteiger charge is 2.27. The van der Waals surface area contributed by atoms with E-state index in [1.807, 2.05) is 35.4 Å². The Hall–Kier alpha value is -2.75. The van der Waals surface area contributed by atoms with E-state index in [0.29, 0.717) is 12.5 Å². The molecule has 1 aromatic heterocycles. The van der Waals surface area contributed by atoms with Gasteiger partial charge in [-0.3, -0.25) is 4.79 Å². The van der Waals surface area contributed by atoms with Gasteiger partial charge < -0.3 is 14.8 Å². The normalized spacial score (nSPS) is 17.9. The van der Waals surface area contributed by atoms with Gasteiger partial charge in [0.15, 0.2) is 0 Å². The zero-order valence-electron chi connectivity index (χ0n) is 14.5. The first-order chi connectivity index (χ1) is 12.2. The van der Waals surface area contributed by atoms with E-state index in [1.54, 1.807) is 0 Å². The van der Waals surface area contributed by atoms with Gasteiger partial charge in [0.1, 0.15) is 0 Å². The standard InChI is InChI=1S/C21H23N3O/c1-16-15-23(11-12-24(16)18-7-3-2-4-8-18)21(25)13-17-14-22-20-10-6-5-9-19(17)20/h2-10,14,16,22H,11-13,15H2,1H3. The van der Waals surface area contributed by atoms with Crippen LogP contribution in [0.25, 0.3) is 10.9 Å². The molecule has 3 aromatic rings. The van der Waals surface area contributed by atoms with E-state index in [9.17, 15) is 4.79 Å². The molecule has 1 fully saturated rings. The number of para-hydroxylation sites is 2. The number of carbonyl (C=O) groups is 1. The summed E-state index contributed by atoms with van der Waals surface area (Å²) in [6, 6.07) is 18.9. The fraction of sp³-hybridized carbons (Fsp3) is 0.286. The fourth-order valence-corrected chi connectivity index (χ4v) is 3.74. The number of nitrogens with zero attached hydrogens (tertiary/aromatic N) is 2. The number of hydrogen-bond donors (Lipinski definition) is 1. The summed E-state index contributed by atoms with van der Waals surface area (Å²) in [6.45, 7) is 4.62. The maximum absolute atomic E-state index is 12.8. The van der Waals surface area contributed by atoms with Gasteiger partial charge in [-0.05, 0) is 30.7 Å². The van der Waals surface area contributed by atoms with Crippen LogP contribution in [-0.4, -0.2) is 41.5 Å². The van der Waals surface area contributed by atoms with Crippen LogP contribution in [0.2, 0.25) is 0 Å². The summed E-state index contributed by atoms with van der Waals surface area (Å²) in [7, 11) is 0. The Morgan fingerprint density at radius 1 is 1.08 bits per heavy atom. The molecule has 1 unspecified atom stereocenters. The predicted octanol–water partition coefficient (Wildman–Crippen LogP) is 3.45. The van der Waals surface area contributed by atoms with Crippen molar-refractivity contribution in [3.63, 3.8) is 0 Å². The molecule has 4 nitrogen and oxygen atoms in total. The molecule has 0 aliphatic carbocycles. The number of aromatic nitrogens is 1. The molecule has 25 heavy (non-hydrogen) atoms. The minimum atomic E-state index is 0.212. The van der Waals surface area contributed by atoms with E-state index in [0.717, 1.165) is 36.1 Å². The molecule has 1 saturated heterocycles. The maximum atomic E-state index is 12.8. The van der Waals surface area contributed by atoms with Crippen molar-refractivity contribution in [1.82, 2.24) is 9.88 Å². The SMILES string of the molecule is CC1CN(C(=O)Cc2c[nH]c3ccccc23)CCN1c1ccccc1. The Labute approximate surface area is 148 Å². The second-order valence-corrected chi connectivity index (χ2v) is 6.75. The number of nitrogens with one attached hydrogen (secondary N) is 1. The van der Waals surface area contributed by atoms with Crippen LogP contribution < -0.4 is 4.90 Å². The monoisotopic (exact) mass is 333 g/mol. The zero-order chi connectivity index (χ0) is 17.2. The highest BCUT2D eigenvalue weighted by molar-refractivity contribution is 5.89. The number of anilines is 1. The lowest BCUT2D eigenvalue weighted by molar-refractivity contribution is -0.131. The van der Waals surface area contributed by atoms with Crippen molar-refractivity contribution in [3.05, 3.63) is 66.4 Å². The van der Waals surface area contributed by atoms with Crippen molar-refractivity contribution < 1.29 is 4.79 Å². The van der Waals surface area contributed by atoms with Crippen LogP contribution in [0.4, 0.5) is 5.69 Å². The quantitative estimate of drug-likeness (QED) is 0.797. The van der Waals surface area contributed by atoms with Crippen LogP contribution in [0.5, 0.6) is 0 Å². The number of benzene rings is 2. The van der Waals surface area contributed by atoms with Gasteiger partial charge in [0.05, 0.1) is 6.42 Å². The van der Waals surface area contributed by atoms with Gasteiger partial charge in [-0.1, -0.05) is 36.4 Å². The van der Waals surface area contributed by atoms with E-state index in [-0.39, 0.29) is 5.91 Å². The van der Waals surface area contributed by atoms with Crippen LogP contribution in [0.3, 0.4) is 0 Å². The van der Waals surface area contributed by atoms with E-state index in [2.05, 4.69) is 47.1 Å². The molecule has 128 valence electrons. The summed E-state index contributed by atoms with van der Waals surface area (Å²) >= 11 is 0. The molecule has 1 aliphatic rings. The molecule has 2 heterocycles. The zero-order valence-corrected chi connectivity index (χ0v) is 14.5. The van der Waals surface area contributed by atoms with E-state index in [4.69, 9.17) is 0 Å². The summed E-state index contributed by atoms with van der Waals surface area (Å²) in [5, 5.41) is 1.15. The van der Waals surface area contributed by atoms with Crippen molar-refractivity contribution in [2.45, 2.75) is 19.4 Å². The molecule has 4 heteroatoms. The van der Waals surface area contributed by atoms with Crippen molar-refractivity contribution in [3.8, 4) is 0 Å². The Kier molecular flexibility index (Phi) is 4.18. The molecule has 1 atom stereocenters. The third-order valence-electron chi connectivity index (χ3n) is 5.08. The Balaban J connectivity index is 1.44. The highest BCUT2D eigenvalue weighted by Crippen LogP contribution is 2.22. The summed E-state index contributed by atoms with van der Waals surface area (Å²) < 4.78 is 0. The van der Waals surface area contributed by atoms with Gasteiger partial charge in [-0.15, -0.1) is 0 Å². The van der Waals surface area contributed by atoms with Crippen LogP contribution in [0.15, 0.2) is 60.8 Å². The van der Waals surface area contributed by atoms with E-state index in [1.165, 1.54) is 5.69 Å². The minimum Gasteiger partial charge on any atom is -0.365 e. The first-order valence-corrected chi connectivity index (χ1v) is 8.87. The molecule has 1 aliphatic heterocycles. The molecule has 0 radical (unpaired) electrons. The van der Waals surface area contributed by atoms with Crippen LogP contribution in [-0.2, 0) is 11.2 Å². The summed E-state index contributed by atoms with van der Waals surface area (Å²) in [5.41, 5.74) is 3.41. The van der Waals surface area contributed by atoms with Crippen molar-refractivity contribution in [2.24, 2.45) is 0 Å². The largest absolute Gasteiger partial charge is 0.365 e. The van der Waals surface area contributed by atoms with Gasteiger partial charge in [0.2, 0.25) is 5.91 Å². The molecule has 1 amide bonds. The third-order valence-corrected chi connectivity index (χ3v) is 5.08. The average molecular weight is 333 g/mol. The molecular formula is C21H23N3O. The average Bonchev–Trinajstić information content (AvgIpc) is 3.05. The van der Waals surface area contributed by atoms with Gasteiger partial charge in [0, 0.05) is 48.5 Å². The number of amides is 1. The molecule has 0 bridgehead atoms. The first-order valence-electron chi connectivity index (χ1n) is 8.87. The number of fused-ring (bicyclic) bond motifs is 1. The molecule has 2 aromatic carbocycles. The van der Waals surface area contributed by atoms with Crippen LogP contribution >= 0.6 is 0 Å². The molecule has 1 N–H and O–H groups in total. The van der Waals surface area contributed by atoms with E-state index >= 15 is 0 Å². The second-order valence-electron chi connectivity index (χ2n) is 6.75. The Morgan fingerprint density at radius 2 is 1.84 bits per heavy atom. The van der Waals surface area contributed by atoms with Crippen LogP contribution in [0.1, 0.15) is 12.5 Å². The number of aromatic amines is 1. The van der Waals surface area contributed by atoms with E-state index < -0.39 is 0 Å². The van der Waals surface area contributed by atoms with Gasteiger partial charge in [-0.25, -0.2) is 0 Å². The second kappa shape index (κ2) is 6.63. The molecular weight excluding hydrogens is 310 g/mol. The number of carbonyl (C=O) groups excluding carboxylic acids is 1. The molecule has 0 spiro atoms. The lowest BCUT2D eigenvalue weighted by Crippen LogP contribution is -2.54. The minimum absolute atomic E-state index is 0.212. The lowest BCUT2D eigenvalue weighted by atomic mass is 10.1. The molecule has 4 rings (SSSR count). The Morgan fingerprint density at radius 3 is 2.64 bits per heavy atom. The highest BCUT2D eigenvalue weighted by atomic mass is 16.2. The van der Waals surface area contributed by atoms with Crippen molar-refractivity contribution in [1.29, 1.82) is 0 Å². The summed E-state index contributed by atoms with van der Waals surface area (Å²) in [6.07, 6.45) is 2.42. The maximum Gasteiger partial charge on any atom is 0.227 e. The lowest BCUT2D eigenvalue weighted by Gasteiger charge is -2.41. The predicted molar refractivity (Wildman–Crippen MR) is 102 cm³/mol. The fourth-order valence-electron chi connectivity index (χ4n) is 3.74. The number of H-pyrrole nitrogens is 1. The topological polar surface area (TPSA) is 39.3 Å². The third kappa shape index (κ3) is 3.12. The summed E-state index contributed by atoms with van der Waals surface area (Å²) in [5.74, 6) is 0.212. The number of rotatable bonds is 3. The smallest absolute Gasteiger partial charge is 0.227 e. The van der Waals surface area contributed by atoms with Crippen molar-refractivity contribution >= 4 is 22.5 Å². The van der Waals surface area contributed by atoms with Gasteiger partial charge >= 0.3 is 0 Å². The first kappa shape index (κ1) is 15.8. The number of hydrogen-bond acceptors (Lipinski definition) is 2. The van der Waals surface area contributed by atoms with Crippen molar-refractivity contribution in [2.75, 3.05) is 24.5 Å². The number of piperazine rings is 1. The Bertz CT molecular complexity index is 871. The van der Waals surface area contributed by atoms with Gasteiger partial charge in [-0.2, -0.15) is 0 Å².